The molecule has 6 nitrogen and oxygen atoms in total. The monoisotopic (exact) mass is 354 g/mol. The Hall–Kier alpha value is -2.28. The van der Waals surface area contributed by atoms with Crippen LogP contribution in [0.2, 0.25) is 0 Å². The molecule has 1 aliphatic rings. The molecule has 130 valence electrons. The highest BCUT2D eigenvalue weighted by Crippen LogP contribution is 2.24. The Bertz CT molecular complexity index is 845. The molecule has 1 aliphatic heterocycles. The van der Waals surface area contributed by atoms with Crippen molar-refractivity contribution in [2.24, 2.45) is 0 Å². The molecule has 0 unspecified atom stereocenters. The van der Waals surface area contributed by atoms with Gasteiger partial charge in [0.25, 0.3) is 0 Å². The molecule has 0 spiro atoms. The Morgan fingerprint density at radius 3 is 2.56 bits per heavy atom. The van der Waals surface area contributed by atoms with Gasteiger partial charge in [0, 0.05) is 42.8 Å². The van der Waals surface area contributed by atoms with Crippen molar-refractivity contribution in [3.8, 4) is 11.4 Å². The maximum Gasteiger partial charge on any atom is 0.225 e. The molecule has 1 fully saturated rings. The zero-order valence-electron chi connectivity index (χ0n) is 14.6. The number of aryl methyl sites for hydroxylation is 2. The highest BCUT2D eigenvalue weighted by molar-refractivity contribution is 7.11. The summed E-state index contributed by atoms with van der Waals surface area (Å²) in [6, 6.07) is 0. The van der Waals surface area contributed by atoms with Gasteiger partial charge in [0.2, 0.25) is 5.95 Å². The van der Waals surface area contributed by atoms with Gasteiger partial charge in [-0.05, 0) is 26.2 Å². The first-order chi connectivity index (χ1) is 12.2. The number of rotatable bonds is 5. The second kappa shape index (κ2) is 6.92. The van der Waals surface area contributed by atoms with Gasteiger partial charge in [0.05, 0.1) is 22.8 Å². The van der Waals surface area contributed by atoms with Gasteiger partial charge >= 0.3 is 0 Å². The van der Waals surface area contributed by atoms with Crippen LogP contribution in [-0.2, 0) is 13.0 Å². The molecule has 0 aliphatic carbocycles. The summed E-state index contributed by atoms with van der Waals surface area (Å²) in [7, 11) is 0. The summed E-state index contributed by atoms with van der Waals surface area (Å²) < 4.78 is 2.15. The van der Waals surface area contributed by atoms with Crippen LogP contribution in [0.3, 0.4) is 0 Å². The molecule has 3 aromatic rings. The molecule has 4 heterocycles. The topological polar surface area (TPSA) is 59.7 Å². The van der Waals surface area contributed by atoms with Crippen molar-refractivity contribution in [1.29, 1.82) is 0 Å². The molecule has 0 atom stereocenters. The molecule has 7 heteroatoms. The summed E-state index contributed by atoms with van der Waals surface area (Å²) in [4.78, 5) is 21.8. The first kappa shape index (κ1) is 16.2. The molecule has 4 rings (SSSR count). The normalized spacial score (nSPS) is 14.4. The largest absolute Gasteiger partial charge is 0.341 e. The van der Waals surface area contributed by atoms with Gasteiger partial charge in [-0.2, -0.15) is 0 Å². The third-order valence-electron chi connectivity index (χ3n) is 4.55. The molecule has 0 radical (unpaired) electrons. The van der Waals surface area contributed by atoms with E-state index in [0.717, 1.165) is 49.1 Å². The van der Waals surface area contributed by atoms with E-state index in [2.05, 4.69) is 43.3 Å². The van der Waals surface area contributed by atoms with Crippen LogP contribution in [-0.4, -0.2) is 37.6 Å². The van der Waals surface area contributed by atoms with E-state index in [9.17, 15) is 0 Å². The summed E-state index contributed by atoms with van der Waals surface area (Å²) in [6.45, 7) is 7.11. The van der Waals surface area contributed by atoms with E-state index in [1.165, 1.54) is 22.7 Å². The molecular weight excluding hydrogens is 332 g/mol. The fourth-order valence-electron chi connectivity index (χ4n) is 3.16. The zero-order chi connectivity index (χ0) is 17.2. The van der Waals surface area contributed by atoms with Crippen LogP contribution in [0.15, 0.2) is 24.8 Å². The second-order valence-corrected chi connectivity index (χ2v) is 7.48. The minimum Gasteiger partial charge on any atom is -0.341 e. The number of nitrogens with zero attached hydrogens (tertiary/aromatic N) is 6. The van der Waals surface area contributed by atoms with E-state index >= 15 is 0 Å². The molecular formula is C18H22N6S. The first-order valence-electron chi connectivity index (χ1n) is 8.78. The van der Waals surface area contributed by atoms with Crippen molar-refractivity contribution >= 4 is 17.3 Å². The van der Waals surface area contributed by atoms with Gasteiger partial charge in [-0.15, -0.1) is 11.3 Å². The Balaban J connectivity index is 1.57. The molecule has 3 aromatic heterocycles. The summed E-state index contributed by atoms with van der Waals surface area (Å²) >= 11 is 1.78. The van der Waals surface area contributed by atoms with Crippen LogP contribution in [0, 0.1) is 6.92 Å². The van der Waals surface area contributed by atoms with Crippen molar-refractivity contribution in [2.45, 2.75) is 39.7 Å². The van der Waals surface area contributed by atoms with E-state index in [1.54, 1.807) is 11.3 Å². The Labute approximate surface area is 151 Å². The van der Waals surface area contributed by atoms with Crippen LogP contribution in [0.5, 0.6) is 0 Å². The number of anilines is 1. The molecule has 0 N–H and O–H groups in total. The lowest BCUT2D eigenvalue weighted by Crippen LogP contribution is -2.20. The molecule has 25 heavy (non-hydrogen) atoms. The lowest BCUT2D eigenvalue weighted by Gasteiger charge is -2.14. The number of imidazole rings is 1. The quantitative estimate of drug-likeness (QED) is 0.703. The Kier molecular flexibility index (Phi) is 4.48. The van der Waals surface area contributed by atoms with Crippen molar-refractivity contribution in [1.82, 2.24) is 24.5 Å². The number of thiazole rings is 1. The van der Waals surface area contributed by atoms with Crippen LogP contribution in [0.25, 0.3) is 11.4 Å². The summed E-state index contributed by atoms with van der Waals surface area (Å²) in [5, 5.41) is 1.19. The third-order valence-corrected chi connectivity index (χ3v) is 5.84. The van der Waals surface area contributed by atoms with Crippen molar-refractivity contribution in [2.75, 3.05) is 18.0 Å². The zero-order valence-corrected chi connectivity index (χ0v) is 15.5. The Morgan fingerprint density at radius 2 is 1.88 bits per heavy atom. The average molecular weight is 354 g/mol. The molecule has 0 aromatic carbocycles. The van der Waals surface area contributed by atoms with E-state index < -0.39 is 0 Å². The van der Waals surface area contributed by atoms with Gasteiger partial charge in [-0.1, -0.05) is 6.92 Å². The minimum absolute atomic E-state index is 0.784. The minimum atomic E-state index is 0.784. The molecule has 0 bridgehead atoms. The van der Waals surface area contributed by atoms with E-state index in [4.69, 9.17) is 0 Å². The molecule has 0 saturated carbocycles. The summed E-state index contributed by atoms with van der Waals surface area (Å²) in [6.07, 6.45) is 11.0. The van der Waals surface area contributed by atoms with Crippen molar-refractivity contribution in [3.05, 3.63) is 40.4 Å². The van der Waals surface area contributed by atoms with E-state index in [0.29, 0.717) is 0 Å². The van der Waals surface area contributed by atoms with E-state index in [-0.39, 0.29) is 0 Å². The maximum absolute atomic E-state index is 4.62. The van der Waals surface area contributed by atoms with Gasteiger partial charge < -0.3 is 9.47 Å². The van der Waals surface area contributed by atoms with E-state index in [1.807, 2.05) is 24.8 Å². The fraction of sp³-hybridized carbons (Fsp3) is 0.444. The van der Waals surface area contributed by atoms with Crippen LogP contribution < -0.4 is 4.90 Å². The van der Waals surface area contributed by atoms with Crippen LogP contribution >= 0.6 is 11.3 Å². The van der Waals surface area contributed by atoms with Crippen molar-refractivity contribution < 1.29 is 0 Å². The second-order valence-electron chi connectivity index (χ2n) is 6.31. The third kappa shape index (κ3) is 3.28. The van der Waals surface area contributed by atoms with Gasteiger partial charge in [0.15, 0.2) is 0 Å². The first-order valence-corrected chi connectivity index (χ1v) is 9.60. The molecule has 0 amide bonds. The molecule has 1 saturated heterocycles. The van der Waals surface area contributed by atoms with Crippen molar-refractivity contribution in [3.63, 3.8) is 0 Å². The summed E-state index contributed by atoms with van der Waals surface area (Å²) in [5.74, 6) is 1.73. The lowest BCUT2D eigenvalue weighted by atomic mass is 10.3. The number of aromatic nitrogens is 5. The van der Waals surface area contributed by atoms with Crippen LogP contribution in [0.4, 0.5) is 5.95 Å². The predicted octanol–water partition coefficient (Wildman–Crippen LogP) is 3.32. The SMILES string of the molecule is CCc1nc(C)c(Cn2ccnc2-c2cnc(N3CCCC3)nc2)s1. The predicted molar refractivity (Wildman–Crippen MR) is 100 cm³/mol. The van der Waals surface area contributed by atoms with Crippen LogP contribution in [0.1, 0.15) is 35.3 Å². The average Bonchev–Trinajstić information content (AvgIpc) is 3.37. The van der Waals surface area contributed by atoms with Gasteiger partial charge in [0.1, 0.15) is 5.82 Å². The maximum atomic E-state index is 4.62. The smallest absolute Gasteiger partial charge is 0.225 e. The Morgan fingerprint density at radius 1 is 1.12 bits per heavy atom. The lowest BCUT2D eigenvalue weighted by molar-refractivity contribution is 0.809. The van der Waals surface area contributed by atoms with Gasteiger partial charge in [-0.25, -0.2) is 19.9 Å². The van der Waals surface area contributed by atoms with Gasteiger partial charge in [-0.3, -0.25) is 0 Å². The standard InChI is InChI=1S/C18H22N6S/c1-3-16-22-13(2)15(25-16)12-24-9-6-19-17(24)14-10-20-18(21-11-14)23-7-4-5-8-23/h6,9-11H,3-5,7-8,12H2,1-2H3. The number of hydrogen-bond acceptors (Lipinski definition) is 6. The fourth-order valence-corrected chi connectivity index (χ4v) is 4.16. The number of hydrogen-bond donors (Lipinski definition) is 0. The highest BCUT2D eigenvalue weighted by Gasteiger charge is 2.16. The highest BCUT2D eigenvalue weighted by atomic mass is 32.1. The summed E-state index contributed by atoms with van der Waals surface area (Å²) in [5.41, 5.74) is 2.06.